The number of nitrogens with zero attached hydrogens (tertiary/aromatic N) is 3. The van der Waals surface area contributed by atoms with Gasteiger partial charge in [0.1, 0.15) is 5.82 Å². The van der Waals surface area contributed by atoms with Gasteiger partial charge in [-0.15, -0.1) is 0 Å². The summed E-state index contributed by atoms with van der Waals surface area (Å²) in [6, 6.07) is 4.98. The summed E-state index contributed by atoms with van der Waals surface area (Å²) in [6.45, 7) is 3.20. The Morgan fingerprint density at radius 3 is 2.85 bits per heavy atom. The van der Waals surface area contributed by atoms with Gasteiger partial charge in [0.2, 0.25) is 15.9 Å². The number of carbonyl (C=O) groups is 1. The molecule has 1 aromatic heterocycles. The number of imidazole rings is 1. The number of sulfonamides is 1. The number of rotatable bonds is 4. The molecule has 2 aromatic rings. The van der Waals surface area contributed by atoms with Gasteiger partial charge in [0.25, 0.3) is 0 Å². The lowest BCUT2D eigenvalue weighted by Gasteiger charge is -2.15. The summed E-state index contributed by atoms with van der Waals surface area (Å²) >= 11 is 0. The van der Waals surface area contributed by atoms with E-state index in [9.17, 15) is 13.2 Å². The van der Waals surface area contributed by atoms with Crippen molar-refractivity contribution < 1.29 is 13.2 Å². The van der Waals surface area contributed by atoms with E-state index in [1.807, 2.05) is 6.20 Å². The highest BCUT2D eigenvalue weighted by Crippen LogP contribution is 2.30. The fraction of sp³-hybridized carbons (Fsp3) is 0.444. The van der Waals surface area contributed by atoms with E-state index in [1.165, 1.54) is 6.92 Å². The summed E-state index contributed by atoms with van der Waals surface area (Å²) in [4.78, 5) is 18.0. The number of nitrogens with one attached hydrogen (secondary N) is 1. The van der Waals surface area contributed by atoms with Crippen LogP contribution in [0.4, 0.5) is 5.69 Å². The fourth-order valence-electron chi connectivity index (χ4n) is 3.66. The Balaban J connectivity index is 1.53. The molecule has 0 fully saturated rings. The van der Waals surface area contributed by atoms with Crippen LogP contribution in [0.25, 0.3) is 0 Å². The van der Waals surface area contributed by atoms with Gasteiger partial charge in [-0.3, -0.25) is 4.79 Å². The second-order valence-corrected chi connectivity index (χ2v) is 8.60. The van der Waals surface area contributed by atoms with E-state index in [0.29, 0.717) is 12.2 Å². The number of hydrogen-bond acceptors (Lipinski definition) is 4. The Morgan fingerprint density at radius 2 is 2.08 bits per heavy atom. The van der Waals surface area contributed by atoms with E-state index < -0.39 is 10.0 Å². The van der Waals surface area contributed by atoms with Gasteiger partial charge in [0.15, 0.2) is 0 Å². The van der Waals surface area contributed by atoms with Crippen LogP contribution in [-0.4, -0.2) is 30.4 Å². The van der Waals surface area contributed by atoms with Crippen LogP contribution >= 0.6 is 0 Å². The van der Waals surface area contributed by atoms with Gasteiger partial charge in [-0.2, -0.15) is 0 Å². The lowest BCUT2D eigenvalue weighted by molar-refractivity contribution is -0.116. The van der Waals surface area contributed by atoms with Crippen LogP contribution in [0.2, 0.25) is 0 Å². The normalized spacial score (nSPS) is 16.4. The number of anilines is 1. The summed E-state index contributed by atoms with van der Waals surface area (Å²) in [5.74, 6) is 0.954. The molecule has 7 nitrogen and oxygen atoms in total. The molecular formula is C18H22N4O3S. The average molecular weight is 374 g/mol. The zero-order valence-corrected chi connectivity index (χ0v) is 15.6. The maximum atomic E-state index is 12.7. The highest BCUT2D eigenvalue weighted by molar-refractivity contribution is 7.89. The van der Waals surface area contributed by atoms with Gasteiger partial charge in [-0.1, -0.05) is 6.07 Å². The number of benzene rings is 1. The van der Waals surface area contributed by atoms with Crippen molar-refractivity contribution in [2.24, 2.45) is 0 Å². The summed E-state index contributed by atoms with van der Waals surface area (Å²) < 4.78 is 30.1. The Morgan fingerprint density at radius 1 is 1.23 bits per heavy atom. The van der Waals surface area contributed by atoms with Crippen LogP contribution in [0.3, 0.4) is 0 Å². The Hall–Kier alpha value is -2.19. The van der Waals surface area contributed by atoms with E-state index in [0.717, 1.165) is 49.3 Å². The smallest absolute Gasteiger partial charge is 0.240 e. The van der Waals surface area contributed by atoms with Crippen molar-refractivity contribution in [3.63, 3.8) is 0 Å². The van der Waals surface area contributed by atoms with Crippen LogP contribution < -0.4 is 9.62 Å². The van der Waals surface area contributed by atoms with Crippen LogP contribution in [0.15, 0.2) is 29.3 Å². The second kappa shape index (κ2) is 6.51. The molecular weight excluding hydrogens is 352 g/mol. The third kappa shape index (κ3) is 3.14. The van der Waals surface area contributed by atoms with Crippen molar-refractivity contribution >= 4 is 21.6 Å². The molecule has 0 bridgehead atoms. The molecule has 4 rings (SSSR count). The summed E-state index contributed by atoms with van der Waals surface area (Å²) in [5.41, 5.74) is 2.43. The van der Waals surface area contributed by atoms with Crippen molar-refractivity contribution in [1.29, 1.82) is 0 Å². The minimum atomic E-state index is -3.67. The number of fused-ring (bicyclic) bond motifs is 2. The zero-order valence-electron chi connectivity index (χ0n) is 14.7. The number of aromatic nitrogens is 2. The number of aryl methyl sites for hydroxylation is 2. The maximum Gasteiger partial charge on any atom is 0.240 e. The molecule has 0 unspecified atom stereocenters. The maximum absolute atomic E-state index is 12.7. The monoisotopic (exact) mass is 374 g/mol. The highest BCUT2D eigenvalue weighted by Gasteiger charge is 2.25. The molecule has 0 atom stereocenters. The number of carbonyl (C=O) groups excluding carboxylic acids is 1. The van der Waals surface area contributed by atoms with Gasteiger partial charge in [0.05, 0.1) is 17.1 Å². The predicted octanol–water partition coefficient (Wildman–Crippen LogP) is 1.61. The van der Waals surface area contributed by atoms with Gasteiger partial charge in [-0.25, -0.2) is 18.1 Å². The molecule has 3 heterocycles. The zero-order chi connectivity index (χ0) is 18.3. The topological polar surface area (TPSA) is 84.3 Å². The molecule has 1 aromatic carbocycles. The van der Waals surface area contributed by atoms with E-state index in [1.54, 1.807) is 23.1 Å². The first-order valence-electron chi connectivity index (χ1n) is 8.90. The van der Waals surface area contributed by atoms with Gasteiger partial charge < -0.3 is 9.47 Å². The van der Waals surface area contributed by atoms with Gasteiger partial charge in [0, 0.05) is 38.3 Å². The minimum Gasteiger partial charge on any atom is -0.335 e. The first-order chi connectivity index (χ1) is 12.4. The molecule has 26 heavy (non-hydrogen) atoms. The third-order valence-electron chi connectivity index (χ3n) is 5.04. The average Bonchev–Trinajstić information content (AvgIpc) is 3.23. The van der Waals surface area contributed by atoms with Crippen molar-refractivity contribution in [2.45, 2.75) is 50.6 Å². The molecule has 1 amide bonds. The van der Waals surface area contributed by atoms with Crippen molar-refractivity contribution in [3.8, 4) is 0 Å². The van der Waals surface area contributed by atoms with E-state index >= 15 is 0 Å². The molecule has 0 radical (unpaired) electrons. The summed E-state index contributed by atoms with van der Waals surface area (Å²) in [7, 11) is -3.67. The second-order valence-electron chi connectivity index (χ2n) is 6.83. The van der Waals surface area contributed by atoms with Gasteiger partial charge in [-0.05, 0) is 37.0 Å². The first kappa shape index (κ1) is 17.2. The first-order valence-corrected chi connectivity index (χ1v) is 10.4. The highest BCUT2D eigenvalue weighted by atomic mass is 32.2. The third-order valence-corrected chi connectivity index (χ3v) is 6.44. The van der Waals surface area contributed by atoms with Crippen LogP contribution in [-0.2, 0) is 40.7 Å². The quantitative estimate of drug-likeness (QED) is 0.881. The lowest BCUT2D eigenvalue weighted by atomic mass is 10.2. The summed E-state index contributed by atoms with van der Waals surface area (Å²) in [5, 5.41) is 0. The number of amides is 1. The van der Waals surface area contributed by atoms with Crippen molar-refractivity contribution in [1.82, 2.24) is 14.3 Å². The molecule has 2 aliphatic heterocycles. The Bertz CT molecular complexity index is 941. The largest absolute Gasteiger partial charge is 0.335 e. The molecule has 0 spiro atoms. The van der Waals surface area contributed by atoms with E-state index in [-0.39, 0.29) is 17.3 Å². The van der Waals surface area contributed by atoms with Crippen LogP contribution in [0.5, 0.6) is 0 Å². The molecule has 1 N–H and O–H groups in total. The lowest BCUT2D eigenvalue weighted by Crippen LogP contribution is -2.27. The SMILES string of the molecule is CC(=O)N1CCc2ccc(S(=O)(=O)NCc3cn4c(n3)CCCC4)cc21. The summed E-state index contributed by atoms with van der Waals surface area (Å²) in [6.07, 6.45) is 5.89. The molecule has 2 aliphatic rings. The number of hydrogen-bond donors (Lipinski definition) is 1. The molecule has 0 aliphatic carbocycles. The van der Waals surface area contributed by atoms with Gasteiger partial charge >= 0.3 is 0 Å². The molecule has 0 saturated heterocycles. The Kier molecular flexibility index (Phi) is 4.32. The minimum absolute atomic E-state index is 0.0742. The Labute approximate surface area is 153 Å². The van der Waals surface area contributed by atoms with Crippen molar-refractivity contribution in [3.05, 3.63) is 41.5 Å². The van der Waals surface area contributed by atoms with Crippen molar-refractivity contribution in [2.75, 3.05) is 11.4 Å². The molecule has 138 valence electrons. The van der Waals surface area contributed by atoms with Crippen LogP contribution in [0.1, 0.15) is 36.8 Å². The fourth-order valence-corrected chi connectivity index (χ4v) is 4.68. The standard InChI is InChI=1S/C18H22N4O3S/c1-13(23)22-9-7-14-5-6-16(10-17(14)22)26(24,25)19-11-15-12-21-8-3-2-4-18(21)20-15/h5-6,10,12,19H,2-4,7-9,11H2,1H3. The molecule has 8 heteroatoms. The molecule has 0 saturated carbocycles. The predicted molar refractivity (Wildman–Crippen MR) is 97.4 cm³/mol. The van der Waals surface area contributed by atoms with E-state index in [4.69, 9.17) is 0 Å². The van der Waals surface area contributed by atoms with Crippen LogP contribution in [0, 0.1) is 0 Å². The van der Waals surface area contributed by atoms with E-state index in [2.05, 4.69) is 14.3 Å².